The molecule has 28 heavy (non-hydrogen) atoms. The van der Waals surface area contributed by atoms with Crippen molar-refractivity contribution in [2.75, 3.05) is 46.4 Å². The Morgan fingerprint density at radius 2 is 1.54 bits per heavy atom. The molecular formula is C17H28N2O7S2. The van der Waals surface area contributed by atoms with Crippen LogP contribution in [-0.4, -0.2) is 67.6 Å². The zero-order chi connectivity index (χ0) is 20.9. The van der Waals surface area contributed by atoms with Gasteiger partial charge in [-0.25, -0.2) is 25.9 Å². The quantitative estimate of drug-likeness (QED) is 0.609. The smallest absolute Gasteiger partial charge is 0.212 e. The Kier molecular flexibility index (Phi) is 7.54. The fourth-order valence-electron chi connectivity index (χ4n) is 3.21. The fourth-order valence-corrected chi connectivity index (χ4v) is 5.54. The number of piperidine rings is 1. The van der Waals surface area contributed by atoms with Crippen LogP contribution in [0.25, 0.3) is 0 Å². The number of ether oxygens (including phenoxy) is 3. The van der Waals surface area contributed by atoms with E-state index in [1.165, 1.54) is 31.9 Å². The van der Waals surface area contributed by atoms with Gasteiger partial charge in [-0.3, -0.25) is 0 Å². The van der Waals surface area contributed by atoms with Gasteiger partial charge in [-0.05, 0) is 36.5 Å². The Balaban J connectivity index is 1.98. The van der Waals surface area contributed by atoms with Gasteiger partial charge in [0.15, 0.2) is 11.5 Å². The highest BCUT2D eigenvalue weighted by Crippen LogP contribution is 2.38. The van der Waals surface area contributed by atoms with Crippen molar-refractivity contribution in [2.45, 2.75) is 19.4 Å². The second-order valence-electron chi connectivity index (χ2n) is 6.74. The topological polar surface area (TPSA) is 111 Å². The molecule has 1 aromatic rings. The Labute approximate surface area is 167 Å². The Bertz CT molecular complexity index is 852. The van der Waals surface area contributed by atoms with E-state index >= 15 is 0 Å². The summed E-state index contributed by atoms with van der Waals surface area (Å²) in [4.78, 5) is 0. The molecule has 0 aliphatic carbocycles. The number of methoxy groups -OCH3 is 3. The predicted molar refractivity (Wildman–Crippen MR) is 106 cm³/mol. The third-order valence-electron chi connectivity index (χ3n) is 4.72. The number of nitrogens with zero attached hydrogens (tertiary/aromatic N) is 1. The van der Waals surface area contributed by atoms with Crippen LogP contribution in [0.15, 0.2) is 12.1 Å². The number of rotatable bonds is 9. The number of sulfonamides is 2. The molecule has 0 amide bonds. The molecule has 1 aliphatic heterocycles. The minimum atomic E-state index is -3.52. The van der Waals surface area contributed by atoms with Crippen molar-refractivity contribution in [3.05, 3.63) is 17.7 Å². The van der Waals surface area contributed by atoms with Crippen LogP contribution in [0, 0.1) is 5.92 Å². The van der Waals surface area contributed by atoms with E-state index in [1.807, 2.05) is 0 Å². The molecule has 0 atom stereocenters. The predicted octanol–water partition coefficient (Wildman–Crippen LogP) is 0.803. The lowest BCUT2D eigenvalue weighted by Crippen LogP contribution is -2.40. The average Bonchev–Trinajstić information content (AvgIpc) is 2.64. The van der Waals surface area contributed by atoms with Crippen LogP contribution >= 0.6 is 0 Å². The van der Waals surface area contributed by atoms with Crippen molar-refractivity contribution in [1.82, 2.24) is 9.03 Å². The molecule has 9 nitrogen and oxygen atoms in total. The van der Waals surface area contributed by atoms with Gasteiger partial charge >= 0.3 is 0 Å². The van der Waals surface area contributed by atoms with Crippen molar-refractivity contribution in [1.29, 1.82) is 0 Å². The van der Waals surface area contributed by atoms with E-state index in [-0.39, 0.29) is 18.2 Å². The molecule has 1 aromatic carbocycles. The summed E-state index contributed by atoms with van der Waals surface area (Å²) in [5.74, 6) is 1.23. The van der Waals surface area contributed by atoms with Gasteiger partial charge in [-0.15, -0.1) is 0 Å². The van der Waals surface area contributed by atoms with E-state index in [0.29, 0.717) is 48.7 Å². The molecule has 0 spiro atoms. The largest absolute Gasteiger partial charge is 0.493 e. The summed E-state index contributed by atoms with van der Waals surface area (Å²) in [5, 5.41) is 0. The van der Waals surface area contributed by atoms with Crippen molar-refractivity contribution < 1.29 is 31.0 Å². The molecule has 0 saturated carbocycles. The van der Waals surface area contributed by atoms with E-state index in [1.54, 1.807) is 12.1 Å². The van der Waals surface area contributed by atoms with Crippen LogP contribution in [0.4, 0.5) is 0 Å². The van der Waals surface area contributed by atoms with Crippen LogP contribution in [-0.2, 0) is 26.6 Å². The third-order valence-corrected chi connectivity index (χ3v) is 7.52. The fraction of sp³-hybridized carbons (Fsp3) is 0.647. The van der Waals surface area contributed by atoms with E-state index in [9.17, 15) is 16.8 Å². The first kappa shape index (κ1) is 22.7. The molecular weight excluding hydrogens is 408 g/mol. The van der Waals surface area contributed by atoms with Crippen molar-refractivity contribution in [3.8, 4) is 17.2 Å². The first-order valence-electron chi connectivity index (χ1n) is 8.81. The Morgan fingerprint density at radius 1 is 1.00 bits per heavy atom. The first-order chi connectivity index (χ1) is 13.1. The lowest BCUT2D eigenvalue weighted by atomic mass is 10.0. The molecule has 11 heteroatoms. The minimum Gasteiger partial charge on any atom is -0.493 e. The number of hydrogen-bond donors (Lipinski definition) is 1. The maximum atomic E-state index is 12.5. The second kappa shape index (κ2) is 9.29. The van der Waals surface area contributed by atoms with Gasteiger partial charge in [0, 0.05) is 19.6 Å². The molecule has 0 radical (unpaired) electrons. The maximum absolute atomic E-state index is 12.5. The SMILES string of the molecule is COc1cc(CNS(=O)(=O)CC2CCN(S(C)(=O)=O)CC2)cc(OC)c1OC. The minimum absolute atomic E-state index is 0.0327. The molecule has 0 aromatic heterocycles. The summed E-state index contributed by atoms with van der Waals surface area (Å²) in [7, 11) is -2.26. The average molecular weight is 437 g/mol. The summed E-state index contributed by atoms with van der Waals surface area (Å²) in [6.07, 6.45) is 2.22. The zero-order valence-corrected chi connectivity index (χ0v) is 18.2. The third kappa shape index (κ3) is 5.97. The van der Waals surface area contributed by atoms with E-state index in [2.05, 4.69) is 4.72 Å². The van der Waals surface area contributed by atoms with Gasteiger partial charge in [-0.2, -0.15) is 0 Å². The van der Waals surface area contributed by atoms with Crippen LogP contribution in [0.5, 0.6) is 17.2 Å². The van der Waals surface area contributed by atoms with Crippen LogP contribution in [0.2, 0.25) is 0 Å². The highest BCUT2D eigenvalue weighted by Gasteiger charge is 2.28. The monoisotopic (exact) mass is 436 g/mol. The number of nitrogens with one attached hydrogen (secondary N) is 1. The van der Waals surface area contributed by atoms with E-state index in [0.717, 1.165) is 0 Å². The molecule has 1 aliphatic rings. The van der Waals surface area contributed by atoms with Crippen LogP contribution < -0.4 is 18.9 Å². The van der Waals surface area contributed by atoms with E-state index in [4.69, 9.17) is 14.2 Å². The van der Waals surface area contributed by atoms with Gasteiger partial charge in [0.1, 0.15) is 0 Å². The number of benzene rings is 1. The lowest BCUT2D eigenvalue weighted by Gasteiger charge is -2.29. The highest BCUT2D eigenvalue weighted by atomic mass is 32.2. The van der Waals surface area contributed by atoms with Gasteiger partial charge in [0.2, 0.25) is 25.8 Å². The molecule has 1 heterocycles. The van der Waals surface area contributed by atoms with Gasteiger partial charge in [0.25, 0.3) is 0 Å². The Morgan fingerprint density at radius 3 is 1.96 bits per heavy atom. The summed E-state index contributed by atoms with van der Waals surface area (Å²) in [5.41, 5.74) is 0.671. The summed E-state index contributed by atoms with van der Waals surface area (Å²) in [6, 6.07) is 3.38. The van der Waals surface area contributed by atoms with Gasteiger partial charge in [-0.1, -0.05) is 0 Å². The molecule has 1 N–H and O–H groups in total. The summed E-state index contributed by atoms with van der Waals surface area (Å²) < 4.78 is 67.8. The standard InChI is InChI=1S/C17H28N2O7S2/c1-24-15-9-14(10-16(25-2)17(15)26-3)11-18-28(22,23)12-13-5-7-19(8-6-13)27(4,20)21/h9-10,13,18H,5-8,11-12H2,1-4H3. The second-order valence-corrected chi connectivity index (χ2v) is 10.6. The lowest BCUT2D eigenvalue weighted by molar-refractivity contribution is 0.290. The van der Waals surface area contributed by atoms with Crippen molar-refractivity contribution >= 4 is 20.0 Å². The molecule has 0 bridgehead atoms. The first-order valence-corrected chi connectivity index (χ1v) is 12.3. The van der Waals surface area contributed by atoms with E-state index < -0.39 is 20.0 Å². The van der Waals surface area contributed by atoms with Crippen molar-refractivity contribution in [3.63, 3.8) is 0 Å². The zero-order valence-electron chi connectivity index (χ0n) is 16.6. The van der Waals surface area contributed by atoms with Crippen LogP contribution in [0.1, 0.15) is 18.4 Å². The molecule has 0 unspecified atom stereocenters. The molecule has 2 rings (SSSR count). The van der Waals surface area contributed by atoms with Gasteiger partial charge in [0.05, 0.1) is 33.3 Å². The molecule has 1 saturated heterocycles. The molecule has 1 fully saturated rings. The summed E-state index contributed by atoms with van der Waals surface area (Å²) >= 11 is 0. The molecule has 160 valence electrons. The Hall–Kier alpha value is -1.56. The highest BCUT2D eigenvalue weighted by molar-refractivity contribution is 7.89. The van der Waals surface area contributed by atoms with Crippen LogP contribution in [0.3, 0.4) is 0 Å². The normalized spacial score (nSPS) is 16.7. The summed E-state index contributed by atoms with van der Waals surface area (Å²) in [6.45, 7) is 0.791. The van der Waals surface area contributed by atoms with Gasteiger partial charge < -0.3 is 14.2 Å². The maximum Gasteiger partial charge on any atom is 0.212 e. The number of hydrogen-bond acceptors (Lipinski definition) is 7. The van der Waals surface area contributed by atoms with Crippen molar-refractivity contribution in [2.24, 2.45) is 5.92 Å².